The van der Waals surface area contributed by atoms with E-state index in [0.29, 0.717) is 19.7 Å². The van der Waals surface area contributed by atoms with Crippen LogP contribution in [0.1, 0.15) is 40.5 Å². The zero-order valence-electron chi connectivity index (χ0n) is 12.3. The van der Waals surface area contributed by atoms with Crippen molar-refractivity contribution in [2.75, 3.05) is 19.7 Å². The maximum Gasteiger partial charge on any atom is 0.410 e. The van der Waals surface area contributed by atoms with E-state index in [1.54, 1.807) is 4.90 Å². The molecule has 1 heterocycles. The minimum atomic E-state index is -0.459. The molecule has 1 fully saturated rings. The average Bonchev–Trinajstić information content (AvgIpc) is 2.69. The minimum absolute atomic E-state index is 0.260. The number of nitrogens with zero attached hydrogens (tertiary/aromatic N) is 1. The van der Waals surface area contributed by atoms with Gasteiger partial charge in [0.2, 0.25) is 0 Å². The normalized spacial score (nSPS) is 23.5. The van der Waals surface area contributed by atoms with E-state index in [2.05, 4.69) is 29.4 Å². The van der Waals surface area contributed by atoms with Crippen molar-refractivity contribution in [1.82, 2.24) is 4.90 Å². The van der Waals surface area contributed by atoms with Gasteiger partial charge in [-0.05, 0) is 33.6 Å². The highest BCUT2D eigenvalue weighted by Crippen LogP contribution is 2.30. The molecule has 0 spiro atoms. The molecule has 110 valence electrons. The van der Waals surface area contributed by atoms with Crippen molar-refractivity contribution in [3.63, 3.8) is 0 Å². The largest absolute Gasteiger partial charge is 0.444 e. The predicted molar refractivity (Wildman–Crippen MR) is 79.5 cm³/mol. The second kappa shape index (κ2) is 6.27. The fraction of sp³-hybridized carbons (Fsp3) is 0.786. The lowest BCUT2D eigenvalue weighted by Gasteiger charge is -2.29. The molecule has 1 aliphatic heterocycles. The van der Waals surface area contributed by atoms with Crippen LogP contribution >= 0.6 is 15.9 Å². The molecule has 0 aromatic carbocycles. The van der Waals surface area contributed by atoms with Gasteiger partial charge in [-0.25, -0.2) is 4.79 Å². The number of carbonyl (C=O) groups is 1. The molecular weight excluding hydrogens is 310 g/mol. The summed E-state index contributed by atoms with van der Waals surface area (Å²) in [6, 6.07) is 0. The molecule has 1 unspecified atom stereocenters. The van der Waals surface area contributed by atoms with Gasteiger partial charge < -0.3 is 14.4 Å². The smallest absolute Gasteiger partial charge is 0.410 e. The van der Waals surface area contributed by atoms with Crippen LogP contribution in [-0.2, 0) is 9.47 Å². The van der Waals surface area contributed by atoms with Crippen molar-refractivity contribution in [3.8, 4) is 0 Å². The van der Waals surface area contributed by atoms with Gasteiger partial charge in [0.05, 0.1) is 18.8 Å². The summed E-state index contributed by atoms with van der Waals surface area (Å²) in [4.78, 5) is 13.8. The van der Waals surface area contributed by atoms with Crippen molar-refractivity contribution >= 4 is 22.0 Å². The summed E-state index contributed by atoms with van der Waals surface area (Å²) in [5, 5.41) is 0. The molecule has 1 saturated heterocycles. The van der Waals surface area contributed by atoms with Crippen LogP contribution in [0.25, 0.3) is 0 Å². The van der Waals surface area contributed by atoms with Crippen LogP contribution in [0.3, 0.4) is 0 Å². The van der Waals surface area contributed by atoms with Gasteiger partial charge in [0.15, 0.2) is 0 Å². The van der Waals surface area contributed by atoms with E-state index in [9.17, 15) is 4.79 Å². The lowest BCUT2D eigenvalue weighted by atomic mass is 10.00. The maximum atomic E-state index is 12.0. The van der Waals surface area contributed by atoms with E-state index >= 15 is 0 Å². The summed E-state index contributed by atoms with van der Waals surface area (Å²) in [5.74, 6) is 0. The fourth-order valence-electron chi connectivity index (χ4n) is 2.07. The maximum absolute atomic E-state index is 12.0. The third-order valence-corrected chi connectivity index (χ3v) is 3.38. The minimum Gasteiger partial charge on any atom is -0.444 e. The zero-order valence-corrected chi connectivity index (χ0v) is 13.9. The number of hydrogen-bond acceptors (Lipinski definition) is 3. The molecule has 19 heavy (non-hydrogen) atoms. The van der Waals surface area contributed by atoms with Crippen molar-refractivity contribution in [1.29, 1.82) is 0 Å². The van der Waals surface area contributed by atoms with E-state index in [1.807, 2.05) is 20.8 Å². The van der Waals surface area contributed by atoms with Gasteiger partial charge in [-0.3, -0.25) is 0 Å². The first-order valence-corrected chi connectivity index (χ1v) is 7.42. The van der Waals surface area contributed by atoms with Crippen molar-refractivity contribution in [2.45, 2.75) is 51.7 Å². The van der Waals surface area contributed by atoms with Crippen LogP contribution < -0.4 is 0 Å². The van der Waals surface area contributed by atoms with E-state index < -0.39 is 5.60 Å². The molecule has 0 bridgehead atoms. The van der Waals surface area contributed by atoms with Gasteiger partial charge in [0.25, 0.3) is 0 Å². The summed E-state index contributed by atoms with van der Waals surface area (Å²) >= 11 is 3.29. The molecule has 0 aliphatic carbocycles. The molecule has 0 radical (unpaired) electrons. The first kappa shape index (κ1) is 16.5. The third-order valence-electron chi connectivity index (χ3n) is 3.15. The average molecular weight is 334 g/mol. The van der Waals surface area contributed by atoms with Crippen LogP contribution in [0.2, 0.25) is 0 Å². The van der Waals surface area contributed by atoms with Gasteiger partial charge in [-0.2, -0.15) is 0 Å². The van der Waals surface area contributed by atoms with Crippen LogP contribution in [0.4, 0.5) is 4.79 Å². The predicted octanol–water partition coefficient (Wildman–Crippen LogP) is 3.70. The van der Waals surface area contributed by atoms with Gasteiger partial charge in [0, 0.05) is 11.0 Å². The van der Waals surface area contributed by atoms with Crippen molar-refractivity contribution in [3.05, 3.63) is 11.1 Å². The Balaban J connectivity index is 2.59. The van der Waals surface area contributed by atoms with E-state index in [4.69, 9.17) is 9.47 Å². The van der Waals surface area contributed by atoms with Gasteiger partial charge in [-0.15, -0.1) is 0 Å². The standard InChI is InChI=1S/C14H24BrNO3/c1-6-14(18-9-11(2)15)7-8-16(10-14)12(17)19-13(3,4)5/h2,6-10H2,1,3-5H3. The highest BCUT2D eigenvalue weighted by atomic mass is 79.9. The first-order valence-electron chi connectivity index (χ1n) is 6.63. The summed E-state index contributed by atoms with van der Waals surface area (Å²) in [6.45, 7) is 13.2. The zero-order chi connectivity index (χ0) is 14.7. The Kier molecular flexibility index (Phi) is 5.44. The Labute approximate surface area is 124 Å². The molecule has 0 aromatic rings. The van der Waals surface area contributed by atoms with E-state index in [-0.39, 0.29) is 11.7 Å². The summed E-state index contributed by atoms with van der Waals surface area (Å²) in [7, 11) is 0. The number of halogens is 1. The molecule has 0 aromatic heterocycles. The highest BCUT2D eigenvalue weighted by Gasteiger charge is 2.40. The van der Waals surface area contributed by atoms with Crippen LogP contribution in [-0.4, -0.2) is 41.9 Å². The van der Waals surface area contributed by atoms with Crippen LogP contribution in [0, 0.1) is 0 Å². The Morgan fingerprint density at radius 1 is 1.47 bits per heavy atom. The third kappa shape index (κ3) is 5.15. The van der Waals surface area contributed by atoms with Crippen molar-refractivity contribution < 1.29 is 14.3 Å². The number of rotatable bonds is 4. The first-order chi connectivity index (χ1) is 8.67. The Morgan fingerprint density at radius 2 is 2.11 bits per heavy atom. The lowest BCUT2D eigenvalue weighted by Crippen LogP contribution is -2.40. The molecule has 0 N–H and O–H groups in total. The van der Waals surface area contributed by atoms with Crippen molar-refractivity contribution in [2.24, 2.45) is 0 Å². The molecule has 1 aliphatic rings. The summed E-state index contributed by atoms with van der Waals surface area (Å²) in [6.07, 6.45) is 1.44. The van der Waals surface area contributed by atoms with E-state index in [1.165, 1.54) is 0 Å². The Morgan fingerprint density at radius 3 is 2.58 bits per heavy atom. The van der Waals surface area contributed by atoms with Crippen LogP contribution in [0.15, 0.2) is 11.1 Å². The number of carbonyl (C=O) groups excluding carboxylic acids is 1. The topological polar surface area (TPSA) is 38.8 Å². The van der Waals surface area contributed by atoms with Gasteiger partial charge >= 0.3 is 6.09 Å². The van der Waals surface area contributed by atoms with E-state index in [0.717, 1.165) is 17.3 Å². The molecule has 4 nitrogen and oxygen atoms in total. The lowest BCUT2D eigenvalue weighted by molar-refractivity contribution is -0.0298. The molecule has 1 rings (SSSR count). The van der Waals surface area contributed by atoms with Gasteiger partial charge in [-0.1, -0.05) is 29.4 Å². The second-order valence-corrected chi connectivity index (χ2v) is 7.12. The molecule has 5 heteroatoms. The summed E-state index contributed by atoms with van der Waals surface area (Å²) in [5.41, 5.74) is -0.729. The SMILES string of the molecule is C=C(Br)COC1(CC)CCN(C(=O)OC(C)(C)C)C1. The number of hydrogen-bond donors (Lipinski definition) is 0. The molecular formula is C14H24BrNO3. The van der Waals surface area contributed by atoms with Gasteiger partial charge in [0.1, 0.15) is 5.60 Å². The molecule has 0 saturated carbocycles. The number of ether oxygens (including phenoxy) is 2. The van der Waals surface area contributed by atoms with Crippen LogP contribution in [0.5, 0.6) is 0 Å². The number of amides is 1. The number of likely N-dealkylation sites (tertiary alicyclic amines) is 1. The quantitative estimate of drug-likeness (QED) is 0.787. The Hall–Kier alpha value is -0.550. The molecule has 1 atom stereocenters. The second-order valence-electron chi connectivity index (χ2n) is 5.99. The Bertz CT molecular complexity index is 351. The monoisotopic (exact) mass is 333 g/mol. The molecule has 1 amide bonds. The summed E-state index contributed by atoms with van der Waals surface area (Å²) < 4.78 is 12.1. The highest BCUT2D eigenvalue weighted by molar-refractivity contribution is 9.11. The fourth-order valence-corrected chi connectivity index (χ4v) is 2.18.